The molecule has 3 rings (SSSR count). The van der Waals surface area contributed by atoms with Crippen LogP contribution in [0.2, 0.25) is 0 Å². The number of nitrogens with zero attached hydrogens (tertiary/aromatic N) is 1. The van der Waals surface area contributed by atoms with Gasteiger partial charge in [0, 0.05) is 29.8 Å². The molecule has 1 atom stereocenters. The maximum Gasteiger partial charge on any atom is 0.256 e. The van der Waals surface area contributed by atoms with E-state index in [1.807, 2.05) is 24.3 Å². The second kappa shape index (κ2) is 5.24. The lowest BCUT2D eigenvalue weighted by Gasteiger charge is -2.03. The highest BCUT2D eigenvalue weighted by molar-refractivity contribution is 6.03. The zero-order valence-electron chi connectivity index (χ0n) is 10.5. The highest BCUT2D eigenvalue weighted by atomic mass is 16.1. The second-order valence-electron chi connectivity index (χ2n) is 4.72. The van der Waals surface area contributed by atoms with E-state index in [1.54, 1.807) is 12.1 Å². The van der Waals surface area contributed by atoms with E-state index >= 15 is 0 Å². The molecule has 98 valence electrons. The van der Waals surface area contributed by atoms with Gasteiger partial charge in [0.25, 0.3) is 5.91 Å². The first-order valence-electron chi connectivity index (χ1n) is 6.45. The predicted octanol–water partition coefficient (Wildman–Crippen LogP) is 1.74. The number of aromatic amines is 1. The van der Waals surface area contributed by atoms with Crippen molar-refractivity contribution in [3.8, 4) is 0 Å². The van der Waals surface area contributed by atoms with Gasteiger partial charge in [-0.15, -0.1) is 0 Å². The average molecular weight is 256 g/mol. The molecule has 2 heterocycles. The Labute approximate surface area is 111 Å². The Balaban J connectivity index is 1.68. The molecular formula is C14H16N4O. The molecule has 1 aliphatic heterocycles. The third-order valence-electron chi connectivity index (χ3n) is 3.38. The van der Waals surface area contributed by atoms with Crippen molar-refractivity contribution in [1.82, 2.24) is 15.5 Å². The molecule has 1 aromatic heterocycles. The number of amides is 1. The van der Waals surface area contributed by atoms with Crippen LogP contribution in [-0.2, 0) is 0 Å². The van der Waals surface area contributed by atoms with Crippen LogP contribution in [-0.4, -0.2) is 29.2 Å². The third-order valence-corrected chi connectivity index (χ3v) is 3.38. The average Bonchev–Trinajstić information content (AvgIpc) is 3.10. The molecule has 0 saturated carbocycles. The number of hydrogen-bond acceptors (Lipinski definition) is 3. The van der Waals surface area contributed by atoms with Crippen molar-refractivity contribution in [1.29, 1.82) is 0 Å². The number of benzene rings is 1. The van der Waals surface area contributed by atoms with E-state index in [0.29, 0.717) is 17.3 Å². The minimum atomic E-state index is -0.136. The highest BCUT2D eigenvalue weighted by Crippen LogP contribution is 2.22. The molecule has 5 heteroatoms. The zero-order chi connectivity index (χ0) is 13.1. The number of carbonyl (C=O) groups is 1. The lowest BCUT2D eigenvalue weighted by Crippen LogP contribution is -2.11. The van der Waals surface area contributed by atoms with Crippen molar-refractivity contribution in [2.45, 2.75) is 12.3 Å². The van der Waals surface area contributed by atoms with E-state index in [0.717, 1.165) is 25.2 Å². The van der Waals surface area contributed by atoms with Crippen molar-refractivity contribution >= 4 is 11.7 Å². The quantitative estimate of drug-likeness (QED) is 0.783. The van der Waals surface area contributed by atoms with Crippen LogP contribution in [0.3, 0.4) is 0 Å². The number of H-pyrrole nitrogens is 1. The summed E-state index contributed by atoms with van der Waals surface area (Å²) in [4.78, 5) is 12.0. The lowest BCUT2D eigenvalue weighted by atomic mass is 10.1. The Kier molecular flexibility index (Phi) is 3.29. The molecule has 0 bridgehead atoms. The van der Waals surface area contributed by atoms with Crippen LogP contribution in [0.5, 0.6) is 0 Å². The van der Waals surface area contributed by atoms with Crippen LogP contribution in [0.4, 0.5) is 5.82 Å². The predicted molar refractivity (Wildman–Crippen MR) is 73.2 cm³/mol. The minimum absolute atomic E-state index is 0.136. The molecule has 1 saturated heterocycles. The van der Waals surface area contributed by atoms with Gasteiger partial charge >= 0.3 is 0 Å². The molecule has 3 N–H and O–H groups in total. The lowest BCUT2D eigenvalue weighted by molar-refractivity contribution is 0.102. The molecule has 0 radical (unpaired) electrons. The van der Waals surface area contributed by atoms with Gasteiger partial charge in [0.05, 0.1) is 0 Å². The van der Waals surface area contributed by atoms with Crippen LogP contribution in [0.25, 0.3) is 0 Å². The van der Waals surface area contributed by atoms with Crippen LogP contribution >= 0.6 is 0 Å². The van der Waals surface area contributed by atoms with E-state index in [1.165, 1.54) is 0 Å². The molecule has 1 fully saturated rings. The van der Waals surface area contributed by atoms with Crippen LogP contribution < -0.4 is 10.6 Å². The Hall–Kier alpha value is -2.14. The molecule has 1 amide bonds. The van der Waals surface area contributed by atoms with Gasteiger partial charge in [0.1, 0.15) is 0 Å². The standard InChI is InChI=1S/C14H16N4O/c19-14(10-4-2-1-3-5-10)16-13-8-12(17-18-13)11-6-7-15-9-11/h1-5,8,11,15H,6-7,9H2,(H2,16,17,18,19). The topological polar surface area (TPSA) is 69.8 Å². The normalized spacial score (nSPS) is 18.4. The monoisotopic (exact) mass is 256 g/mol. The smallest absolute Gasteiger partial charge is 0.256 e. The number of carbonyl (C=O) groups excluding carboxylic acids is 1. The Morgan fingerprint density at radius 2 is 2.16 bits per heavy atom. The maximum atomic E-state index is 12.0. The summed E-state index contributed by atoms with van der Waals surface area (Å²) in [7, 11) is 0. The first-order chi connectivity index (χ1) is 9.33. The van der Waals surface area contributed by atoms with E-state index in [-0.39, 0.29) is 5.91 Å². The summed E-state index contributed by atoms with van der Waals surface area (Å²) in [6.45, 7) is 2.00. The van der Waals surface area contributed by atoms with E-state index in [9.17, 15) is 4.79 Å². The number of aromatic nitrogens is 2. The Morgan fingerprint density at radius 3 is 2.89 bits per heavy atom. The summed E-state index contributed by atoms with van der Waals surface area (Å²) in [6, 6.07) is 11.0. The first kappa shape index (κ1) is 11.9. The summed E-state index contributed by atoms with van der Waals surface area (Å²) >= 11 is 0. The van der Waals surface area contributed by atoms with Crippen molar-refractivity contribution in [3.63, 3.8) is 0 Å². The molecule has 1 aliphatic rings. The maximum absolute atomic E-state index is 12.0. The Morgan fingerprint density at radius 1 is 1.32 bits per heavy atom. The van der Waals surface area contributed by atoms with Crippen molar-refractivity contribution in [2.75, 3.05) is 18.4 Å². The zero-order valence-corrected chi connectivity index (χ0v) is 10.5. The van der Waals surface area contributed by atoms with Crippen LogP contribution in [0.15, 0.2) is 36.4 Å². The summed E-state index contributed by atoms with van der Waals surface area (Å²) in [5.74, 6) is 0.911. The van der Waals surface area contributed by atoms with Gasteiger partial charge in [0.2, 0.25) is 0 Å². The summed E-state index contributed by atoms with van der Waals surface area (Å²) in [5.41, 5.74) is 1.71. The number of nitrogens with one attached hydrogen (secondary N) is 3. The molecule has 0 spiro atoms. The summed E-state index contributed by atoms with van der Waals surface area (Å²) < 4.78 is 0. The summed E-state index contributed by atoms with van der Waals surface area (Å²) in [6.07, 6.45) is 1.11. The largest absolute Gasteiger partial charge is 0.316 e. The fourth-order valence-corrected chi connectivity index (χ4v) is 2.31. The fourth-order valence-electron chi connectivity index (χ4n) is 2.31. The van der Waals surface area contributed by atoms with Gasteiger partial charge < -0.3 is 10.6 Å². The fraction of sp³-hybridized carbons (Fsp3) is 0.286. The molecule has 1 aromatic carbocycles. The third kappa shape index (κ3) is 2.66. The van der Waals surface area contributed by atoms with Crippen molar-refractivity contribution in [3.05, 3.63) is 47.7 Å². The van der Waals surface area contributed by atoms with Gasteiger partial charge in [-0.05, 0) is 25.1 Å². The first-order valence-corrected chi connectivity index (χ1v) is 6.45. The highest BCUT2D eigenvalue weighted by Gasteiger charge is 2.19. The summed E-state index contributed by atoms with van der Waals surface area (Å²) in [5, 5.41) is 13.3. The van der Waals surface area contributed by atoms with Crippen LogP contribution in [0, 0.1) is 0 Å². The molecule has 19 heavy (non-hydrogen) atoms. The van der Waals surface area contributed by atoms with Crippen molar-refractivity contribution < 1.29 is 4.79 Å². The number of hydrogen-bond donors (Lipinski definition) is 3. The number of rotatable bonds is 3. The van der Waals surface area contributed by atoms with E-state index in [4.69, 9.17) is 0 Å². The van der Waals surface area contributed by atoms with Gasteiger partial charge in [-0.25, -0.2) is 0 Å². The van der Waals surface area contributed by atoms with Crippen molar-refractivity contribution in [2.24, 2.45) is 0 Å². The van der Waals surface area contributed by atoms with Gasteiger partial charge in [-0.2, -0.15) is 5.10 Å². The van der Waals surface area contributed by atoms with E-state index < -0.39 is 0 Å². The molecular weight excluding hydrogens is 240 g/mol. The number of anilines is 1. The second-order valence-corrected chi connectivity index (χ2v) is 4.72. The Bertz CT molecular complexity index is 558. The van der Waals surface area contributed by atoms with Crippen LogP contribution in [0.1, 0.15) is 28.4 Å². The molecule has 1 unspecified atom stereocenters. The molecule has 0 aliphatic carbocycles. The molecule has 5 nitrogen and oxygen atoms in total. The minimum Gasteiger partial charge on any atom is -0.316 e. The van der Waals surface area contributed by atoms with Gasteiger partial charge in [0.15, 0.2) is 5.82 Å². The van der Waals surface area contributed by atoms with Gasteiger partial charge in [-0.1, -0.05) is 18.2 Å². The SMILES string of the molecule is O=C(Nc1cc(C2CCNC2)[nH]n1)c1ccccc1. The van der Waals surface area contributed by atoms with E-state index in [2.05, 4.69) is 20.8 Å². The molecule has 2 aromatic rings. The van der Waals surface area contributed by atoms with Gasteiger partial charge in [-0.3, -0.25) is 9.89 Å².